The number of nitrogens with zero attached hydrogens (tertiary/aromatic N) is 1. The lowest BCUT2D eigenvalue weighted by atomic mass is 9.96. The Morgan fingerprint density at radius 1 is 1.40 bits per heavy atom. The van der Waals surface area contributed by atoms with Crippen LogP contribution in [0.15, 0.2) is 24.3 Å². The Labute approximate surface area is 119 Å². The molecule has 0 radical (unpaired) electrons. The Kier molecular flexibility index (Phi) is 4.62. The molecule has 1 aromatic rings. The minimum absolute atomic E-state index is 0.194. The number of urea groups is 1. The monoisotopic (exact) mass is 278 g/mol. The van der Waals surface area contributed by atoms with Gasteiger partial charge in [0.25, 0.3) is 0 Å². The molecule has 0 saturated carbocycles. The third kappa shape index (κ3) is 3.49. The van der Waals surface area contributed by atoms with Gasteiger partial charge >= 0.3 is 6.03 Å². The second-order valence-corrected chi connectivity index (χ2v) is 5.51. The molecule has 1 saturated heterocycles. The number of likely N-dealkylation sites (tertiary alicyclic amines) is 1. The SMILES string of the molecule is CC(O)c1ccc(NC(=O)N2CCC(C)C(O)C2)cc1. The van der Waals surface area contributed by atoms with E-state index in [-0.39, 0.29) is 11.9 Å². The molecule has 20 heavy (non-hydrogen) atoms. The summed E-state index contributed by atoms with van der Waals surface area (Å²) in [7, 11) is 0. The Hall–Kier alpha value is -1.59. The number of anilines is 1. The van der Waals surface area contributed by atoms with Crippen LogP contribution in [-0.4, -0.2) is 40.3 Å². The first-order chi connectivity index (χ1) is 9.47. The molecule has 3 unspecified atom stereocenters. The average Bonchev–Trinajstić information content (AvgIpc) is 2.42. The molecule has 5 heteroatoms. The third-order valence-electron chi connectivity index (χ3n) is 3.85. The van der Waals surface area contributed by atoms with Crippen LogP contribution in [0.5, 0.6) is 0 Å². The zero-order chi connectivity index (χ0) is 14.7. The van der Waals surface area contributed by atoms with E-state index in [9.17, 15) is 15.0 Å². The predicted molar refractivity (Wildman–Crippen MR) is 77.5 cm³/mol. The van der Waals surface area contributed by atoms with Gasteiger partial charge < -0.3 is 20.4 Å². The van der Waals surface area contributed by atoms with Gasteiger partial charge in [-0.2, -0.15) is 0 Å². The number of nitrogens with one attached hydrogen (secondary N) is 1. The van der Waals surface area contributed by atoms with Crippen molar-refractivity contribution >= 4 is 11.7 Å². The molecule has 3 atom stereocenters. The number of piperidine rings is 1. The Morgan fingerprint density at radius 2 is 2.05 bits per heavy atom. The number of carbonyl (C=O) groups is 1. The molecule has 0 aromatic heterocycles. The van der Waals surface area contributed by atoms with E-state index in [4.69, 9.17) is 0 Å². The number of carbonyl (C=O) groups excluding carboxylic acids is 1. The van der Waals surface area contributed by atoms with Crippen LogP contribution in [-0.2, 0) is 0 Å². The minimum atomic E-state index is -0.515. The maximum atomic E-state index is 12.1. The van der Waals surface area contributed by atoms with E-state index in [1.165, 1.54) is 0 Å². The summed E-state index contributed by atoms with van der Waals surface area (Å²) >= 11 is 0. The number of amides is 2. The molecule has 1 aliphatic rings. The van der Waals surface area contributed by atoms with E-state index >= 15 is 0 Å². The zero-order valence-corrected chi connectivity index (χ0v) is 11.9. The highest BCUT2D eigenvalue weighted by Crippen LogP contribution is 2.19. The van der Waals surface area contributed by atoms with Gasteiger partial charge in [0.15, 0.2) is 0 Å². The fourth-order valence-electron chi connectivity index (χ4n) is 2.28. The Bertz CT molecular complexity index is 459. The van der Waals surface area contributed by atoms with Crippen LogP contribution in [0.1, 0.15) is 31.9 Å². The molecule has 1 fully saturated rings. The van der Waals surface area contributed by atoms with Crippen molar-refractivity contribution in [1.82, 2.24) is 4.90 Å². The van der Waals surface area contributed by atoms with Crippen molar-refractivity contribution in [2.24, 2.45) is 5.92 Å². The van der Waals surface area contributed by atoms with Gasteiger partial charge in [0.2, 0.25) is 0 Å². The Morgan fingerprint density at radius 3 is 2.60 bits per heavy atom. The van der Waals surface area contributed by atoms with Crippen LogP contribution in [0.2, 0.25) is 0 Å². The summed E-state index contributed by atoms with van der Waals surface area (Å²) in [4.78, 5) is 13.7. The fraction of sp³-hybridized carbons (Fsp3) is 0.533. The van der Waals surface area contributed by atoms with Crippen molar-refractivity contribution in [3.05, 3.63) is 29.8 Å². The summed E-state index contributed by atoms with van der Waals surface area (Å²) in [6.45, 7) is 4.73. The second kappa shape index (κ2) is 6.24. The average molecular weight is 278 g/mol. The molecule has 0 aliphatic carbocycles. The van der Waals surface area contributed by atoms with E-state index in [1.54, 1.807) is 36.1 Å². The Balaban J connectivity index is 1.94. The van der Waals surface area contributed by atoms with Gasteiger partial charge in [0.1, 0.15) is 0 Å². The zero-order valence-electron chi connectivity index (χ0n) is 11.9. The largest absolute Gasteiger partial charge is 0.391 e. The minimum Gasteiger partial charge on any atom is -0.391 e. The lowest BCUT2D eigenvalue weighted by Crippen LogP contribution is -2.47. The normalized spacial score (nSPS) is 24.3. The highest BCUT2D eigenvalue weighted by molar-refractivity contribution is 5.89. The summed E-state index contributed by atoms with van der Waals surface area (Å²) in [5.74, 6) is 0.240. The molecule has 5 nitrogen and oxygen atoms in total. The topological polar surface area (TPSA) is 72.8 Å². The van der Waals surface area contributed by atoms with E-state index in [0.29, 0.717) is 18.8 Å². The molecule has 2 rings (SSSR count). The molecule has 1 aromatic carbocycles. The maximum Gasteiger partial charge on any atom is 0.321 e. The smallest absolute Gasteiger partial charge is 0.321 e. The summed E-state index contributed by atoms with van der Waals surface area (Å²) in [5, 5.41) is 22.0. The third-order valence-corrected chi connectivity index (χ3v) is 3.85. The first kappa shape index (κ1) is 14.8. The first-order valence-electron chi connectivity index (χ1n) is 6.99. The van der Waals surface area contributed by atoms with Gasteiger partial charge in [-0.15, -0.1) is 0 Å². The lowest BCUT2D eigenvalue weighted by Gasteiger charge is -2.34. The number of rotatable bonds is 2. The van der Waals surface area contributed by atoms with E-state index in [2.05, 4.69) is 5.32 Å². The van der Waals surface area contributed by atoms with Crippen molar-refractivity contribution in [2.45, 2.75) is 32.5 Å². The first-order valence-corrected chi connectivity index (χ1v) is 6.99. The highest BCUT2D eigenvalue weighted by atomic mass is 16.3. The summed E-state index contributed by atoms with van der Waals surface area (Å²) in [5.41, 5.74) is 1.50. The van der Waals surface area contributed by atoms with E-state index in [0.717, 1.165) is 12.0 Å². The van der Waals surface area contributed by atoms with Crippen molar-refractivity contribution in [3.8, 4) is 0 Å². The molecule has 2 amide bonds. The van der Waals surface area contributed by atoms with Crippen LogP contribution in [0.25, 0.3) is 0 Å². The standard InChI is InChI=1S/C15H22N2O3/c1-10-7-8-17(9-14(10)19)15(20)16-13-5-3-12(4-6-13)11(2)18/h3-6,10-11,14,18-19H,7-9H2,1-2H3,(H,16,20). The molecule has 0 bridgehead atoms. The quantitative estimate of drug-likeness (QED) is 0.774. The number of benzene rings is 1. The molecule has 110 valence electrons. The lowest BCUT2D eigenvalue weighted by molar-refractivity contribution is 0.0464. The van der Waals surface area contributed by atoms with Crippen LogP contribution in [0.4, 0.5) is 10.5 Å². The summed E-state index contributed by atoms with van der Waals surface area (Å²) in [6, 6.07) is 6.91. The van der Waals surface area contributed by atoms with Crippen LogP contribution in [0, 0.1) is 5.92 Å². The molecular formula is C15H22N2O3. The fourth-order valence-corrected chi connectivity index (χ4v) is 2.28. The number of β-amino-alcohol motifs (C(OH)–C–C–N with tert-alkyl or cyclic N) is 1. The van der Waals surface area contributed by atoms with Gasteiger partial charge in [-0.3, -0.25) is 0 Å². The van der Waals surface area contributed by atoms with Crippen LogP contribution >= 0.6 is 0 Å². The van der Waals surface area contributed by atoms with Gasteiger partial charge in [-0.25, -0.2) is 4.79 Å². The van der Waals surface area contributed by atoms with Gasteiger partial charge in [-0.1, -0.05) is 19.1 Å². The van der Waals surface area contributed by atoms with E-state index in [1.807, 2.05) is 6.92 Å². The second-order valence-electron chi connectivity index (χ2n) is 5.51. The number of aliphatic hydroxyl groups excluding tert-OH is 2. The van der Waals surface area contributed by atoms with Crippen LogP contribution in [0.3, 0.4) is 0 Å². The predicted octanol–water partition coefficient (Wildman–Crippen LogP) is 1.97. The molecule has 1 heterocycles. The molecule has 0 spiro atoms. The van der Waals surface area contributed by atoms with E-state index < -0.39 is 12.2 Å². The number of hydrogen-bond acceptors (Lipinski definition) is 3. The van der Waals surface area contributed by atoms with Gasteiger partial charge in [0, 0.05) is 18.8 Å². The number of aliphatic hydroxyl groups is 2. The van der Waals surface area contributed by atoms with Crippen molar-refractivity contribution < 1.29 is 15.0 Å². The van der Waals surface area contributed by atoms with Gasteiger partial charge in [0.05, 0.1) is 12.2 Å². The highest BCUT2D eigenvalue weighted by Gasteiger charge is 2.27. The molecule has 1 aliphatic heterocycles. The van der Waals surface area contributed by atoms with Crippen molar-refractivity contribution in [3.63, 3.8) is 0 Å². The maximum absolute atomic E-state index is 12.1. The summed E-state index contributed by atoms with van der Waals surface area (Å²) < 4.78 is 0. The van der Waals surface area contributed by atoms with Crippen molar-refractivity contribution in [1.29, 1.82) is 0 Å². The van der Waals surface area contributed by atoms with Gasteiger partial charge in [-0.05, 0) is 37.0 Å². The summed E-state index contributed by atoms with van der Waals surface area (Å²) in [6.07, 6.45) is -0.152. The van der Waals surface area contributed by atoms with Crippen molar-refractivity contribution in [2.75, 3.05) is 18.4 Å². The molecule has 3 N–H and O–H groups in total. The molecular weight excluding hydrogens is 256 g/mol. The van der Waals surface area contributed by atoms with Crippen LogP contribution < -0.4 is 5.32 Å². The number of hydrogen-bond donors (Lipinski definition) is 3.